The zero-order valence-corrected chi connectivity index (χ0v) is 13.3. The minimum absolute atomic E-state index is 0.0628. The van der Waals surface area contributed by atoms with E-state index in [0.717, 1.165) is 12.0 Å². The lowest BCUT2D eigenvalue weighted by atomic mass is 9.83. The molecule has 3 N–H and O–H groups in total. The van der Waals surface area contributed by atoms with Crippen LogP contribution in [-0.4, -0.2) is 17.5 Å². The van der Waals surface area contributed by atoms with Crippen molar-refractivity contribution in [3.8, 4) is 0 Å². The molecule has 3 unspecified atom stereocenters. The molecule has 0 heterocycles. The summed E-state index contributed by atoms with van der Waals surface area (Å²) in [6, 6.07) is 9.88. The van der Waals surface area contributed by atoms with Gasteiger partial charge in [0, 0.05) is 11.6 Å². The Morgan fingerprint density at radius 2 is 1.80 bits per heavy atom. The van der Waals surface area contributed by atoms with E-state index in [1.54, 1.807) is 0 Å². The topological polar surface area (TPSA) is 55.1 Å². The Bertz CT molecular complexity index is 426. The van der Waals surface area contributed by atoms with Crippen LogP contribution >= 0.6 is 0 Å². The summed E-state index contributed by atoms with van der Waals surface area (Å²) in [7, 11) is 0. The normalized spacial score (nSPS) is 16.3. The van der Waals surface area contributed by atoms with Gasteiger partial charge in [-0.05, 0) is 32.3 Å². The first kappa shape index (κ1) is 16.7. The maximum Gasteiger partial charge on any atom is 0.228 e. The molecule has 3 heteroatoms. The molecule has 0 saturated heterocycles. The molecule has 1 aromatic rings. The van der Waals surface area contributed by atoms with E-state index in [1.807, 2.05) is 51.1 Å². The lowest BCUT2D eigenvalue weighted by Crippen LogP contribution is -2.56. The van der Waals surface area contributed by atoms with E-state index < -0.39 is 5.54 Å². The number of nitrogens with two attached hydrogens (primary N) is 1. The number of rotatable bonds is 6. The highest BCUT2D eigenvalue weighted by atomic mass is 16.2. The second-order valence-corrected chi connectivity index (χ2v) is 6.27. The van der Waals surface area contributed by atoms with Gasteiger partial charge in [-0.15, -0.1) is 0 Å². The van der Waals surface area contributed by atoms with Gasteiger partial charge in [0.25, 0.3) is 0 Å². The third kappa shape index (κ3) is 4.07. The molecule has 3 atom stereocenters. The third-order valence-electron chi connectivity index (χ3n) is 4.24. The van der Waals surface area contributed by atoms with E-state index in [0.29, 0.717) is 5.92 Å². The number of carbonyl (C=O) groups excluding carboxylic acids is 1. The summed E-state index contributed by atoms with van der Waals surface area (Å²) in [4.78, 5) is 12.7. The molecule has 0 aliphatic heterocycles. The highest BCUT2D eigenvalue weighted by Gasteiger charge is 2.31. The molecule has 112 valence electrons. The molecule has 20 heavy (non-hydrogen) atoms. The number of amides is 1. The van der Waals surface area contributed by atoms with Crippen molar-refractivity contribution in [2.24, 2.45) is 11.7 Å². The fourth-order valence-corrected chi connectivity index (χ4v) is 2.14. The van der Waals surface area contributed by atoms with Crippen molar-refractivity contribution in [2.45, 2.75) is 58.5 Å². The van der Waals surface area contributed by atoms with Crippen molar-refractivity contribution >= 4 is 5.91 Å². The maximum atomic E-state index is 12.7. The largest absolute Gasteiger partial charge is 0.349 e. The standard InChI is InChI=1S/C17H28N2O/c1-6-12(2)15(14-10-8-7-9-11-14)16(20)19-17(4,5)13(3)18/h7-13,15H,6,18H2,1-5H3,(H,19,20). The molecule has 0 spiro atoms. The van der Waals surface area contributed by atoms with Crippen LogP contribution in [0.25, 0.3) is 0 Å². The van der Waals surface area contributed by atoms with Crippen molar-refractivity contribution < 1.29 is 4.79 Å². The number of hydrogen-bond acceptors (Lipinski definition) is 2. The van der Waals surface area contributed by atoms with Crippen LogP contribution in [0, 0.1) is 5.92 Å². The van der Waals surface area contributed by atoms with Crippen molar-refractivity contribution in [2.75, 3.05) is 0 Å². The van der Waals surface area contributed by atoms with Gasteiger partial charge in [0.2, 0.25) is 5.91 Å². The monoisotopic (exact) mass is 276 g/mol. The smallest absolute Gasteiger partial charge is 0.228 e. The Kier molecular flexibility index (Phi) is 5.75. The van der Waals surface area contributed by atoms with Gasteiger partial charge in [0.1, 0.15) is 0 Å². The van der Waals surface area contributed by atoms with Crippen molar-refractivity contribution in [3.63, 3.8) is 0 Å². The van der Waals surface area contributed by atoms with E-state index >= 15 is 0 Å². The second kappa shape index (κ2) is 6.89. The molecule has 0 aromatic heterocycles. The quantitative estimate of drug-likeness (QED) is 0.839. The average molecular weight is 276 g/mol. The first-order chi connectivity index (χ1) is 9.29. The van der Waals surface area contributed by atoms with Crippen LogP contribution in [0.15, 0.2) is 30.3 Å². The Hall–Kier alpha value is -1.35. The SMILES string of the molecule is CCC(C)C(C(=O)NC(C)(C)C(C)N)c1ccccc1. The number of nitrogens with one attached hydrogen (secondary N) is 1. The lowest BCUT2D eigenvalue weighted by molar-refractivity contribution is -0.125. The number of benzene rings is 1. The van der Waals surface area contributed by atoms with Gasteiger partial charge in [-0.2, -0.15) is 0 Å². The molecule has 0 saturated carbocycles. The summed E-state index contributed by atoms with van der Waals surface area (Å²) in [5, 5.41) is 3.11. The van der Waals surface area contributed by atoms with E-state index in [2.05, 4.69) is 19.2 Å². The van der Waals surface area contributed by atoms with Crippen LogP contribution in [-0.2, 0) is 4.79 Å². The fourth-order valence-electron chi connectivity index (χ4n) is 2.14. The lowest BCUT2D eigenvalue weighted by Gasteiger charge is -2.33. The average Bonchev–Trinajstić information content (AvgIpc) is 2.39. The molecule has 3 nitrogen and oxygen atoms in total. The van der Waals surface area contributed by atoms with Gasteiger partial charge < -0.3 is 11.1 Å². The Morgan fingerprint density at radius 3 is 2.25 bits per heavy atom. The van der Waals surface area contributed by atoms with E-state index in [4.69, 9.17) is 5.73 Å². The van der Waals surface area contributed by atoms with Crippen LogP contribution < -0.4 is 11.1 Å². The highest BCUT2D eigenvalue weighted by molar-refractivity contribution is 5.84. The predicted octanol–water partition coefficient (Wildman–Crippen LogP) is 3.06. The Balaban J connectivity index is 2.98. The minimum atomic E-state index is -0.405. The molecule has 1 amide bonds. The molecule has 0 aliphatic rings. The van der Waals surface area contributed by atoms with E-state index in [-0.39, 0.29) is 17.9 Å². The first-order valence-electron chi connectivity index (χ1n) is 7.42. The molecular weight excluding hydrogens is 248 g/mol. The van der Waals surface area contributed by atoms with Crippen molar-refractivity contribution in [1.82, 2.24) is 5.32 Å². The Labute approximate surface area is 122 Å². The molecule has 0 bridgehead atoms. The van der Waals surface area contributed by atoms with Crippen LogP contribution in [0.2, 0.25) is 0 Å². The molecule has 0 aliphatic carbocycles. The second-order valence-electron chi connectivity index (χ2n) is 6.27. The summed E-state index contributed by atoms with van der Waals surface area (Å²) < 4.78 is 0. The van der Waals surface area contributed by atoms with Gasteiger partial charge in [-0.25, -0.2) is 0 Å². The van der Waals surface area contributed by atoms with Crippen molar-refractivity contribution in [1.29, 1.82) is 0 Å². The molecule has 1 aromatic carbocycles. The summed E-state index contributed by atoms with van der Waals surface area (Å²) in [5.41, 5.74) is 6.62. The molecule has 1 rings (SSSR count). The fraction of sp³-hybridized carbons (Fsp3) is 0.588. The minimum Gasteiger partial charge on any atom is -0.349 e. The van der Waals surface area contributed by atoms with Crippen molar-refractivity contribution in [3.05, 3.63) is 35.9 Å². The number of carbonyl (C=O) groups is 1. The predicted molar refractivity (Wildman–Crippen MR) is 84.5 cm³/mol. The van der Waals surface area contributed by atoms with Gasteiger partial charge in [-0.3, -0.25) is 4.79 Å². The summed E-state index contributed by atoms with van der Waals surface area (Å²) in [6.07, 6.45) is 0.964. The summed E-state index contributed by atoms with van der Waals surface area (Å²) in [6.45, 7) is 10.1. The zero-order valence-electron chi connectivity index (χ0n) is 13.3. The summed E-state index contributed by atoms with van der Waals surface area (Å²) >= 11 is 0. The van der Waals surface area contributed by atoms with Crippen LogP contribution in [0.3, 0.4) is 0 Å². The summed E-state index contributed by atoms with van der Waals surface area (Å²) in [5.74, 6) is 0.230. The zero-order chi connectivity index (χ0) is 15.3. The van der Waals surface area contributed by atoms with E-state index in [1.165, 1.54) is 0 Å². The van der Waals surface area contributed by atoms with Crippen LogP contribution in [0.4, 0.5) is 0 Å². The van der Waals surface area contributed by atoms with Gasteiger partial charge in [0.15, 0.2) is 0 Å². The third-order valence-corrected chi connectivity index (χ3v) is 4.24. The molecular formula is C17H28N2O. The van der Waals surface area contributed by atoms with Crippen LogP contribution in [0.5, 0.6) is 0 Å². The van der Waals surface area contributed by atoms with Gasteiger partial charge in [0.05, 0.1) is 5.92 Å². The first-order valence-corrected chi connectivity index (χ1v) is 7.42. The number of hydrogen-bond donors (Lipinski definition) is 2. The highest BCUT2D eigenvalue weighted by Crippen LogP contribution is 2.28. The Morgan fingerprint density at radius 1 is 1.25 bits per heavy atom. The van der Waals surface area contributed by atoms with Gasteiger partial charge in [-0.1, -0.05) is 50.6 Å². The maximum absolute atomic E-state index is 12.7. The van der Waals surface area contributed by atoms with Gasteiger partial charge >= 0.3 is 0 Å². The molecule has 0 fully saturated rings. The molecule has 0 radical (unpaired) electrons. The van der Waals surface area contributed by atoms with E-state index in [9.17, 15) is 4.79 Å². The van der Waals surface area contributed by atoms with Crippen LogP contribution in [0.1, 0.15) is 52.5 Å².